The van der Waals surface area contributed by atoms with Gasteiger partial charge in [0.25, 0.3) is 0 Å². The van der Waals surface area contributed by atoms with Gasteiger partial charge in [-0.05, 0) is 12.3 Å². The van der Waals surface area contributed by atoms with Crippen molar-refractivity contribution in [3.63, 3.8) is 0 Å². The van der Waals surface area contributed by atoms with Crippen LogP contribution in [0.2, 0.25) is 0 Å². The molecule has 1 aliphatic rings. The molecule has 5 nitrogen and oxygen atoms in total. The fraction of sp³-hybridized carbons (Fsp3) is 0.500. The van der Waals surface area contributed by atoms with E-state index in [-0.39, 0.29) is 5.56 Å². The van der Waals surface area contributed by atoms with Gasteiger partial charge < -0.3 is 10.0 Å². The van der Waals surface area contributed by atoms with Gasteiger partial charge in [-0.25, -0.2) is 4.79 Å². The number of carbonyl (C=O) groups is 1. The minimum atomic E-state index is -0.947. The highest BCUT2D eigenvalue weighted by Gasteiger charge is 2.18. The van der Waals surface area contributed by atoms with Crippen LogP contribution in [0.25, 0.3) is 0 Å². The first-order chi connectivity index (χ1) is 8.22. The minimum absolute atomic E-state index is 0.237. The number of hydrogen-bond acceptors (Lipinski definition) is 6. The Balaban J connectivity index is 2.29. The molecule has 7 heteroatoms. The molecule has 1 fully saturated rings. The molecule has 1 saturated heterocycles. The number of anilines is 1. The lowest BCUT2D eigenvalue weighted by atomic mass is 10.3. The summed E-state index contributed by atoms with van der Waals surface area (Å²) in [4.78, 5) is 13.2. The molecular formula is C10H13N3O2S2. The third-order valence-electron chi connectivity index (χ3n) is 2.51. The molecule has 2 rings (SSSR count). The zero-order chi connectivity index (χ0) is 12.3. The number of hydrogen-bond donors (Lipinski definition) is 1. The van der Waals surface area contributed by atoms with Crippen LogP contribution in [-0.2, 0) is 0 Å². The van der Waals surface area contributed by atoms with E-state index in [9.17, 15) is 4.79 Å². The molecule has 1 aliphatic heterocycles. The highest BCUT2D eigenvalue weighted by Crippen LogP contribution is 2.22. The molecule has 0 atom stereocenters. The van der Waals surface area contributed by atoms with Crippen molar-refractivity contribution >= 4 is 35.3 Å². The molecule has 1 aromatic rings. The minimum Gasteiger partial charge on any atom is -0.478 e. The van der Waals surface area contributed by atoms with E-state index in [1.165, 1.54) is 11.8 Å². The van der Waals surface area contributed by atoms with Crippen molar-refractivity contribution in [2.75, 3.05) is 35.8 Å². The highest BCUT2D eigenvalue weighted by atomic mass is 32.2. The maximum atomic E-state index is 11.1. The molecule has 0 amide bonds. The lowest BCUT2D eigenvalue weighted by Gasteiger charge is -2.27. The molecule has 0 saturated carbocycles. The SMILES string of the molecule is CSc1nnc(N2CCSCC2)cc1C(=O)O. The summed E-state index contributed by atoms with van der Waals surface area (Å²) in [6.45, 7) is 1.80. The average Bonchev–Trinajstić information content (AvgIpc) is 2.39. The second-order valence-corrected chi connectivity index (χ2v) is 5.55. The van der Waals surface area contributed by atoms with Crippen molar-refractivity contribution in [1.82, 2.24) is 10.2 Å². The highest BCUT2D eigenvalue weighted by molar-refractivity contribution is 7.99. The fourth-order valence-electron chi connectivity index (χ4n) is 1.62. The van der Waals surface area contributed by atoms with Gasteiger partial charge in [0, 0.05) is 24.6 Å². The van der Waals surface area contributed by atoms with Crippen LogP contribution in [0.5, 0.6) is 0 Å². The Morgan fingerprint density at radius 2 is 2.18 bits per heavy atom. The molecule has 92 valence electrons. The van der Waals surface area contributed by atoms with Gasteiger partial charge in [-0.2, -0.15) is 11.8 Å². The van der Waals surface area contributed by atoms with E-state index in [1.54, 1.807) is 12.3 Å². The second kappa shape index (κ2) is 5.59. The summed E-state index contributed by atoms with van der Waals surface area (Å²) in [7, 11) is 0. The van der Waals surface area contributed by atoms with Crippen molar-refractivity contribution in [1.29, 1.82) is 0 Å². The molecule has 2 heterocycles. The number of rotatable bonds is 3. The topological polar surface area (TPSA) is 66.3 Å². The van der Waals surface area contributed by atoms with Gasteiger partial charge in [-0.15, -0.1) is 22.0 Å². The Morgan fingerprint density at radius 1 is 1.47 bits per heavy atom. The molecule has 0 aliphatic carbocycles. The van der Waals surface area contributed by atoms with E-state index >= 15 is 0 Å². The van der Waals surface area contributed by atoms with Crippen LogP contribution in [0.15, 0.2) is 11.1 Å². The summed E-state index contributed by atoms with van der Waals surface area (Å²) in [5.41, 5.74) is 0.237. The average molecular weight is 271 g/mol. The fourth-order valence-corrected chi connectivity index (χ4v) is 3.01. The molecule has 0 spiro atoms. The molecule has 0 unspecified atom stereocenters. The van der Waals surface area contributed by atoms with Gasteiger partial charge in [-0.1, -0.05) is 0 Å². The largest absolute Gasteiger partial charge is 0.478 e. The molecule has 1 aromatic heterocycles. The van der Waals surface area contributed by atoms with Crippen LogP contribution < -0.4 is 4.90 Å². The molecule has 1 N–H and O–H groups in total. The Bertz CT molecular complexity index is 422. The number of carboxylic acid groups (broad SMARTS) is 1. The summed E-state index contributed by atoms with van der Waals surface area (Å²) < 4.78 is 0. The van der Waals surface area contributed by atoms with Crippen LogP contribution >= 0.6 is 23.5 Å². The quantitative estimate of drug-likeness (QED) is 0.835. The van der Waals surface area contributed by atoms with E-state index in [0.29, 0.717) is 10.8 Å². The van der Waals surface area contributed by atoms with Gasteiger partial charge in [0.05, 0.1) is 5.56 Å². The lowest BCUT2D eigenvalue weighted by molar-refractivity contribution is 0.0692. The first-order valence-corrected chi connectivity index (χ1v) is 7.58. The normalized spacial score (nSPS) is 15.9. The van der Waals surface area contributed by atoms with Crippen LogP contribution in [0.3, 0.4) is 0 Å². The summed E-state index contributed by atoms with van der Waals surface area (Å²) in [5, 5.41) is 17.7. The number of thioether (sulfide) groups is 2. The predicted molar refractivity (Wildman–Crippen MR) is 70.3 cm³/mol. The maximum Gasteiger partial charge on any atom is 0.338 e. The molecule has 0 bridgehead atoms. The number of nitrogens with zero attached hydrogens (tertiary/aromatic N) is 3. The Kier molecular flexibility index (Phi) is 4.11. The summed E-state index contributed by atoms with van der Waals surface area (Å²) in [5.74, 6) is 1.82. The second-order valence-electron chi connectivity index (χ2n) is 3.53. The summed E-state index contributed by atoms with van der Waals surface area (Å²) >= 11 is 3.20. The zero-order valence-corrected chi connectivity index (χ0v) is 11.1. The Morgan fingerprint density at radius 3 is 2.76 bits per heavy atom. The van der Waals surface area contributed by atoms with Crippen molar-refractivity contribution in [3.8, 4) is 0 Å². The van der Waals surface area contributed by atoms with Crippen molar-refractivity contribution in [2.24, 2.45) is 0 Å². The number of aromatic carboxylic acids is 1. The van der Waals surface area contributed by atoms with Gasteiger partial charge in [-0.3, -0.25) is 0 Å². The van der Waals surface area contributed by atoms with E-state index < -0.39 is 5.97 Å². The Hall–Kier alpha value is -0.950. The molecule has 0 radical (unpaired) electrons. The van der Waals surface area contributed by atoms with Gasteiger partial charge in [0.1, 0.15) is 5.03 Å². The van der Waals surface area contributed by atoms with Crippen molar-refractivity contribution < 1.29 is 9.90 Å². The van der Waals surface area contributed by atoms with E-state index in [4.69, 9.17) is 5.11 Å². The lowest BCUT2D eigenvalue weighted by Crippen LogP contribution is -2.33. The first kappa shape index (κ1) is 12.5. The standard InChI is InChI=1S/C10H13N3O2S2/c1-16-9-7(10(14)15)6-8(11-12-9)13-2-4-17-5-3-13/h6H,2-5H2,1H3,(H,14,15). The van der Waals surface area contributed by atoms with Crippen LogP contribution in [0, 0.1) is 0 Å². The van der Waals surface area contributed by atoms with Crippen molar-refractivity contribution in [2.45, 2.75) is 5.03 Å². The van der Waals surface area contributed by atoms with E-state index in [2.05, 4.69) is 15.1 Å². The summed E-state index contributed by atoms with van der Waals surface area (Å²) in [6.07, 6.45) is 1.80. The predicted octanol–water partition coefficient (Wildman–Crippen LogP) is 1.45. The van der Waals surface area contributed by atoms with Crippen LogP contribution in [-0.4, -0.2) is 52.1 Å². The number of carboxylic acids is 1. The summed E-state index contributed by atoms with van der Waals surface area (Å²) in [6, 6.07) is 1.62. The van der Waals surface area contributed by atoms with Crippen LogP contribution in [0.1, 0.15) is 10.4 Å². The van der Waals surface area contributed by atoms with E-state index in [1.807, 2.05) is 11.8 Å². The molecule has 17 heavy (non-hydrogen) atoms. The van der Waals surface area contributed by atoms with Gasteiger partial charge in [0.2, 0.25) is 0 Å². The third kappa shape index (κ3) is 2.84. The smallest absolute Gasteiger partial charge is 0.338 e. The Labute approximate surface area is 108 Å². The molecule has 0 aromatic carbocycles. The molecular weight excluding hydrogens is 258 g/mol. The van der Waals surface area contributed by atoms with Crippen LogP contribution in [0.4, 0.5) is 5.82 Å². The number of aromatic nitrogens is 2. The monoisotopic (exact) mass is 271 g/mol. The van der Waals surface area contributed by atoms with Gasteiger partial charge >= 0.3 is 5.97 Å². The third-order valence-corrected chi connectivity index (χ3v) is 4.14. The van der Waals surface area contributed by atoms with Crippen molar-refractivity contribution in [3.05, 3.63) is 11.6 Å². The van der Waals surface area contributed by atoms with E-state index in [0.717, 1.165) is 24.6 Å². The maximum absolute atomic E-state index is 11.1. The first-order valence-electron chi connectivity index (χ1n) is 5.20. The zero-order valence-electron chi connectivity index (χ0n) is 9.42. The van der Waals surface area contributed by atoms with Gasteiger partial charge in [0.15, 0.2) is 5.82 Å².